The molecule has 0 aromatic heterocycles. The van der Waals surface area contributed by atoms with E-state index in [1.165, 1.54) is 6.20 Å². The van der Waals surface area contributed by atoms with E-state index in [2.05, 4.69) is 15.6 Å². The summed E-state index contributed by atoms with van der Waals surface area (Å²) < 4.78 is 5.14. The third-order valence-corrected chi connectivity index (χ3v) is 4.44. The van der Waals surface area contributed by atoms with Crippen molar-refractivity contribution in [2.45, 2.75) is 12.8 Å². The standard InChI is InChI=1S/C23H23N3O4/c27-21(26-20-9-5-2-6-10-20)14-17-13-19(16-24-15-17)22(28)25-11-12-30-23(29)18-7-3-1-4-8-18/h1-10,15-17H,11-14H2,(H,25,28)(H,26,27). The van der Waals surface area contributed by atoms with Gasteiger partial charge >= 0.3 is 5.97 Å². The van der Waals surface area contributed by atoms with Crippen molar-refractivity contribution >= 4 is 29.7 Å². The lowest BCUT2D eigenvalue weighted by molar-refractivity contribution is -0.119. The van der Waals surface area contributed by atoms with Crippen molar-refractivity contribution in [1.82, 2.24) is 5.32 Å². The Bertz CT molecular complexity index is 939. The highest BCUT2D eigenvalue weighted by molar-refractivity contribution is 5.96. The zero-order valence-corrected chi connectivity index (χ0v) is 16.4. The molecule has 0 fully saturated rings. The van der Waals surface area contributed by atoms with E-state index in [1.54, 1.807) is 30.5 Å². The monoisotopic (exact) mass is 405 g/mol. The van der Waals surface area contributed by atoms with E-state index in [0.29, 0.717) is 17.6 Å². The Morgan fingerprint density at radius 2 is 1.70 bits per heavy atom. The van der Waals surface area contributed by atoms with E-state index >= 15 is 0 Å². The maximum atomic E-state index is 12.3. The Hall–Kier alpha value is -3.74. The Balaban J connectivity index is 1.39. The molecule has 0 saturated heterocycles. The van der Waals surface area contributed by atoms with E-state index in [-0.39, 0.29) is 37.3 Å². The van der Waals surface area contributed by atoms with Crippen LogP contribution in [0, 0.1) is 5.92 Å². The van der Waals surface area contributed by atoms with Crippen LogP contribution in [0.5, 0.6) is 0 Å². The van der Waals surface area contributed by atoms with Crippen LogP contribution in [-0.2, 0) is 14.3 Å². The summed E-state index contributed by atoms with van der Waals surface area (Å²) >= 11 is 0. The smallest absolute Gasteiger partial charge is 0.338 e. The van der Waals surface area contributed by atoms with Crippen molar-refractivity contribution < 1.29 is 19.1 Å². The summed E-state index contributed by atoms with van der Waals surface area (Å²) in [5, 5.41) is 5.54. The molecule has 0 bridgehead atoms. The van der Waals surface area contributed by atoms with Gasteiger partial charge in [-0.05, 0) is 30.7 Å². The first-order valence-corrected chi connectivity index (χ1v) is 9.69. The topological polar surface area (TPSA) is 96.9 Å². The van der Waals surface area contributed by atoms with Gasteiger partial charge in [0.15, 0.2) is 0 Å². The third kappa shape index (κ3) is 6.41. The number of hydrogen-bond acceptors (Lipinski definition) is 5. The lowest BCUT2D eigenvalue weighted by Gasteiger charge is -2.17. The first-order valence-electron chi connectivity index (χ1n) is 9.69. The third-order valence-electron chi connectivity index (χ3n) is 4.44. The van der Waals surface area contributed by atoms with Gasteiger partial charge in [-0.2, -0.15) is 0 Å². The number of aliphatic imine (C=N–C) groups is 1. The normalized spacial score (nSPS) is 15.1. The number of ether oxygens (including phenoxy) is 1. The Morgan fingerprint density at radius 1 is 1.00 bits per heavy atom. The molecule has 1 aliphatic heterocycles. The molecule has 1 unspecified atom stereocenters. The highest BCUT2D eigenvalue weighted by Crippen LogP contribution is 2.19. The van der Waals surface area contributed by atoms with E-state index in [0.717, 1.165) is 5.69 Å². The van der Waals surface area contributed by atoms with Gasteiger partial charge in [0.25, 0.3) is 0 Å². The zero-order chi connectivity index (χ0) is 21.2. The molecule has 3 rings (SSSR count). The van der Waals surface area contributed by atoms with Crippen LogP contribution in [-0.4, -0.2) is 37.1 Å². The predicted octanol–water partition coefficient (Wildman–Crippen LogP) is 2.96. The fraction of sp³-hybridized carbons (Fsp3) is 0.217. The minimum absolute atomic E-state index is 0.0684. The van der Waals surface area contributed by atoms with Crippen LogP contribution >= 0.6 is 0 Å². The summed E-state index contributed by atoms with van der Waals surface area (Å²) in [5.41, 5.74) is 1.68. The molecule has 0 spiro atoms. The van der Waals surface area contributed by atoms with Crippen LogP contribution < -0.4 is 10.6 Å². The largest absolute Gasteiger partial charge is 0.460 e. The van der Waals surface area contributed by atoms with Gasteiger partial charge in [-0.1, -0.05) is 36.4 Å². The molecular weight excluding hydrogens is 382 g/mol. The molecule has 0 aliphatic carbocycles. The molecule has 0 saturated carbocycles. The second kappa shape index (κ2) is 10.7. The average Bonchev–Trinajstić information content (AvgIpc) is 2.77. The SMILES string of the molecule is O=C(CC1C=NC=C(C(=O)NCCOC(=O)c2ccccc2)C1)Nc1ccccc1. The Morgan fingerprint density at radius 3 is 2.43 bits per heavy atom. The second-order valence-corrected chi connectivity index (χ2v) is 6.79. The highest BCUT2D eigenvalue weighted by Gasteiger charge is 2.20. The van der Waals surface area contributed by atoms with Crippen LogP contribution in [0.4, 0.5) is 5.69 Å². The molecule has 1 heterocycles. The summed E-state index contributed by atoms with van der Waals surface area (Å²) in [7, 11) is 0. The molecule has 2 N–H and O–H groups in total. The van der Waals surface area contributed by atoms with Gasteiger partial charge < -0.3 is 15.4 Å². The average molecular weight is 405 g/mol. The minimum Gasteiger partial charge on any atom is -0.460 e. The number of carbonyl (C=O) groups excluding carboxylic acids is 3. The first-order chi connectivity index (χ1) is 14.6. The summed E-state index contributed by atoms with van der Waals surface area (Å²) in [6.45, 7) is 0.260. The number of carbonyl (C=O) groups is 3. The number of benzene rings is 2. The number of rotatable bonds is 8. The molecular formula is C23H23N3O4. The van der Waals surface area contributed by atoms with Crippen LogP contribution in [0.1, 0.15) is 23.2 Å². The lowest BCUT2D eigenvalue weighted by atomic mass is 9.95. The molecule has 7 heteroatoms. The summed E-state index contributed by atoms with van der Waals surface area (Å²) in [5.74, 6) is -1.01. The molecule has 2 aromatic rings. The molecule has 7 nitrogen and oxygen atoms in total. The van der Waals surface area contributed by atoms with E-state index in [1.807, 2.05) is 36.4 Å². The number of amides is 2. The van der Waals surface area contributed by atoms with Gasteiger partial charge in [0.05, 0.1) is 12.1 Å². The molecule has 1 aliphatic rings. The van der Waals surface area contributed by atoms with Crippen LogP contribution in [0.3, 0.4) is 0 Å². The summed E-state index contributed by atoms with van der Waals surface area (Å²) in [6, 6.07) is 17.9. The highest BCUT2D eigenvalue weighted by atomic mass is 16.5. The summed E-state index contributed by atoms with van der Waals surface area (Å²) in [4.78, 5) is 40.5. The first kappa shape index (κ1) is 21.0. The maximum absolute atomic E-state index is 12.3. The zero-order valence-electron chi connectivity index (χ0n) is 16.4. The quantitative estimate of drug-likeness (QED) is 0.521. The molecule has 154 valence electrons. The number of hydrogen-bond donors (Lipinski definition) is 2. The van der Waals surface area contributed by atoms with Crippen molar-refractivity contribution in [3.05, 3.63) is 78.0 Å². The minimum atomic E-state index is -0.434. The van der Waals surface area contributed by atoms with Crippen LogP contribution in [0.15, 0.2) is 77.4 Å². The molecule has 0 radical (unpaired) electrons. The fourth-order valence-electron chi connectivity index (χ4n) is 2.97. The van der Waals surface area contributed by atoms with Crippen molar-refractivity contribution in [2.75, 3.05) is 18.5 Å². The van der Waals surface area contributed by atoms with E-state index in [9.17, 15) is 14.4 Å². The van der Waals surface area contributed by atoms with Gasteiger partial charge in [-0.3, -0.25) is 14.6 Å². The van der Waals surface area contributed by atoms with Gasteiger partial charge in [0, 0.05) is 36.0 Å². The molecule has 30 heavy (non-hydrogen) atoms. The number of nitrogens with one attached hydrogen (secondary N) is 2. The molecule has 2 aromatic carbocycles. The number of esters is 1. The molecule has 1 atom stereocenters. The van der Waals surface area contributed by atoms with Crippen LogP contribution in [0.2, 0.25) is 0 Å². The number of para-hydroxylation sites is 1. The van der Waals surface area contributed by atoms with Gasteiger partial charge in [0.1, 0.15) is 6.61 Å². The Kier molecular flexibility index (Phi) is 7.49. The maximum Gasteiger partial charge on any atom is 0.338 e. The van der Waals surface area contributed by atoms with E-state index in [4.69, 9.17) is 4.74 Å². The van der Waals surface area contributed by atoms with Gasteiger partial charge in [-0.25, -0.2) is 4.79 Å². The van der Waals surface area contributed by atoms with Crippen molar-refractivity contribution in [3.8, 4) is 0 Å². The lowest BCUT2D eigenvalue weighted by Crippen LogP contribution is -2.31. The van der Waals surface area contributed by atoms with E-state index < -0.39 is 5.97 Å². The second-order valence-electron chi connectivity index (χ2n) is 6.79. The van der Waals surface area contributed by atoms with Crippen molar-refractivity contribution in [2.24, 2.45) is 10.9 Å². The van der Waals surface area contributed by atoms with Crippen molar-refractivity contribution in [1.29, 1.82) is 0 Å². The Labute approximate surface area is 174 Å². The van der Waals surface area contributed by atoms with Gasteiger partial charge in [0.2, 0.25) is 11.8 Å². The molecule has 2 amide bonds. The predicted molar refractivity (Wildman–Crippen MR) is 114 cm³/mol. The van der Waals surface area contributed by atoms with Gasteiger partial charge in [-0.15, -0.1) is 0 Å². The summed E-state index contributed by atoms with van der Waals surface area (Å²) in [6.07, 6.45) is 3.83. The van der Waals surface area contributed by atoms with Crippen LogP contribution in [0.25, 0.3) is 0 Å². The number of anilines is 1. The number of nitrogens with zero attached hydrogens (tertiary/aromatic N) is 1. The van der Waals surface area contributed by atoms with Crippen molar-refractivity contribution in [3.63, 3.8) is 0 Å². The fourth-order valence-corrected chi connectivity index (χ4v) is 2.97.